The van der Waals surface area contributed by atoms with Gasteiger partial charge in [0, 0.05) is 16.5 Å². The fourth-order valence-corrected chi connectivity index (χ4v) is 3.53. The average molecular weight is 346 g/mol. The maximum atomic E-state index is 12.3. The second kappa shape index (κ2) is 6.23. The lowest BCUT2D eigenvalue weighted by molar-refractivity contribution is 0.0861. The Bertz CT molecular complexity index is 469. The molecule has 0 aliphatic heterocycles. The van der Waals surface area contributed by atoms with Gasteiger partial charge in [-0.3, -0.25) is 4.79 Å². The lowest BCUT2D eigenvalue weighted by atomic mass is 9.77. The first-order valence-electron chi connectivity index (χ1n) is 6.55. The van der Waals surface area contributed by atoms with E-state index in [9.17, 15) is 4.79 Å². The van der Waals surface area contributed by atoms with Gasteiger partial charge in [0.1, 0.15) is 5.69 Å². The highest BCUT2D eigenvalue weighted by Crippen LogP contribution is 2.33. The molecular formula is C14H18BrClN2O. The van der Waals surface area contributed by atoms with Crippen molar-refractivity contribution in [2.75, 3.05) is 5.88 Å². The van der Waals surface area contributed by atoms with E-state index in [1.54, 1.807) is 12.3 Å². The van der Waals surface area contributed by atoms with Gasteiger partial charge in [-0.15, -0.1) is 11.6 Å². The van der Waals surface area contributed by atoms with Crippen molar-refractivity contribution >= 4 is 33.4 Å². The zero-order chi connectivity index (χ0) is 13.9. The Morgan fingerprint density at radius 1 is 1.68 bits per heavy atom. The van der Waals surface area contributed by atoms with E-state index in [2.05, 4.69) is 33.2 Å². The van der Waals surface area contributed by atoms with E-state index in [1.807, 2.05) is 6.07 Å². The van der Waals surface area contributed by atoms with Crippen LogP contribution >= 0.6 is 27.5 Å². The molecule has 2 rings (SSSR count). The van der Waals surface area contributed by atoms with Crippen LogP contribution in [0, 0.1) is 5.92 Å². The first kappa shape index (κ1) is 14.8. The average Bonchev–Trinajstić information content (AvgIpc) is 2.39. The molecule has 104 valence electrons. The Morgan fingerprint density at radius 2 is 2.47 bits per heavy atom. The molecule has 1 amide bonds. The van der Waals surface area contributed by atoms with Gasteiger partial charge in [0.15, 0.2) is 0 Å². The molecule has 1 saturated carbocycles. The smallest absolute Gasteiger partial charge is 0.271 e. The summed E-state index contributed by atoms with van der Waals surface area (Å²) in [5.74, 6) is 0.898. The molecule has 19 heavy (non-hydrogen) atoms. The molecule has 5 heteroatoms. The quantitative estimate of drug-likeness (QED) is 0.848. The molecule has 0 saturated heterocycles. The van der Waals surface area contributed by atoms with Crippen LogP contribution in [-0.2, 0) is 0 Å². The highest BCUT2D eigenvalue weighted by atomic mass is 79.9. The van der Waals surface area contributed by atoms with Crippen molar-refractivity contribution in [1.29, 1.82) is 0 Å². The van der Waals surface area contributed by atoms with Gasteiger partial charge in [0.25, 0.3) is 5.91 Å². The third kappa shape index (κ3) is 3.48. The molecule has 1 aromatic rings. The summed E-state index contributed by atoms with van der Waals surface area (Å²) >= 11 is 9.48. The largest absolute Gasteiger partial charge is 0.344 e. The van der Waals surface area contributed by atoms with Crippen LogP contribution in [0.3, 0.4) is 0 Å². The van der Waals surface area contributed by atoms with Crippen LogP contribution in [0.4, 0.5) is 0 Å². The number of halogens is 2. The molecule has 1 aliphatic carbocycles. The monoisotopic (exact) mass is 344 g/mol. The van der Waals surface area contributed by atoms with Crippen LogP contribution < -0.4 is 5.32 Å². The maximum absolute atomic E-state index is 12.3. The first-order chi connectivity index (χ1) is 9.06. The number of pyridine rings is 1. The fourth-order valence-electron chi connectivity index (χ4n) is 2.78. The number of hydrogen-bond acceptors (Lipinski definition) is 2. The van der Waals surface area contributed by atoms with Crippen molar-refractivity contribution in [3.8, 4) is 0 Å². The molecule has 0 bridgehead atoms. The van der Waals surface area contributed by atoms with E-state index in [1.165, 1.54) is 6.42 Å². The van der Waals surface area contributed by atoms with Gasteiger partial charge in [0.05, 0.1) is 5.54 Å². The van der Waals surface area contributed by atoms with E-state index in [4.69, 9.17) is 11.6 Å². The lowest BCUT2D eigenvalue weighted by Gasteiger charge is -2.39. The van der Waals surface area contributed by atoms with Gasteiger partial charge in [-0.25, -0.2) is 4.98 Å². The van der Waals surface area contributed by atoms with Crippen LogP contribution in [0.15, 0.2) is 22.8 Å². The van der Waals surface area contributed by atoms with Crippen molar-refractivity contribution in [1.82, 2.24) is 10.3 Å². The fraction of sp³-hybridized carbons (Fsp3) is 0.571. The van der Waals surface area contributed by atoms with Crippen molar-refractivity contribution in [2.24, 2.45) is 5.92 Å². The second-order valence-corrected chi connectivity index (χ2v) is 6.53. The van der Waals surface area contributed by atoms with Gasteiger partial charge in [0.2, 0.25) is 0 Å². The Kier molecular flexibility index (Phi) is 4.85. The number of amides is 1. The summed E-state index contributed by atoms with van der Waals surface area (Å²) < 4.78 is 0.709. The van der Waals surface area contributed by atoms with Gasteiger partial charge in [-0.2, -0.15) is 0 Å². The summed E-state index contributed by atoms with van der Waals surface area (Å²) in [7, 11) is 0. The topological polar surface area (TPSA) is 42.0 Å². The van der Waals surface area contributed by atoms with Crippen LogP contribution in [-0.4, -0.2) is 22.3 Å². The predicted molar refractivity (Wildman–Crippen MR) is 80.5 cm³/mol. The number of nitrogens with one attached hydrogen (secondary N) is 1. The normalized spacial score (nSPS) is 27.0. The molecule has 1 N–H and O–H groups in total. The summed E-state index contributed by atoms with van der Waals surface area (Å²) in [5.41, 5.74) is 0.137. The third-order valence-electron chi connectivity index (χ3n) is 3.70. The lowest BCUT2D eigenvalue weighted by Crippen LogP contribution is -2.52. The minimum Gasteiger partial charge on any atom is -0.344 e. The predicted octanol–water partition coefficient (Wildman–Crippen LogP) is 3.76. The second-order valence-electron chi connectivity index (χ2n) is 5.40. The van der Waals surface area contributed by atoms with E-state index >= 15 is 0 Å². The molecule has 0 radical (unpaired) electrons. The highest BCUT2D eigenvalue weighted by Gasteiger charge is 2.36. The molecule has 1 fully saturated rings. The third-order valence-corrected chi connectivity index (χ3v) is 4.85. The number of rotatable bonds is 3. The molecule has 0 aromatic carbocycles. The Labute approximate surface area is 127 Å². The summed E-state index contributed by atoms with van der Waals surface area (Å²) in [6.07, 6.45) is 5.82. The zero-order valence-electron chi connectivity index (χ0n) is 11.0. The summed E-state index contributed by atoms with van der Waals surface area (Å²) in [4.78, 5) is 16.5. The van der Waals surface area contributed by atoms with Crippen LogP contribution in [0.2, 0.25) is 0 Å². The van der Waals surface area contributed by atoms with Crippen molar-refractivity contribution in [3.05, 3.63) is 28.5 Å². The minimum absolute atomic E-state index is 0.151. The maximum Gasteiger partial charge on any atom is 0.271 e. The Balaban J connectivity index is 2.14. The SMILES string of the molecule is CC1CCCC(CCl)(NC(=O)c2ncccc2Br)C1. The Hall–Kier alpha value is -0.610. The molecule has 3 nitrogen and oxygen atoms in total. The van der Waals surface area contributed by atoms with Crippen LogP contribution in [0.5, 0.6) is 0 Å². The first-order valence-corrected chi connectivity index (χ1v) is 7.88. The standard InChI is InChI=1S/C14H18BrClN2O/c1-10-4-2-6-14(8-10,9-16)18-13(19)12-11(15)5-3-7-17-12/h3,5,7,10H,2,4,6,8-9H2,1H3,(H,18,19). The van der Waals surface area contributed by atoms with E-state index in [0.29, 0.717) is 22.0 Å². The molecular weight excluding hydrogens is 328 g/mol. The molecule has 1 heterocycles. The van der Waals surface area contributed by atoms with E-state index in [0.717, 1.165) is 19.3 Å². The molecule has 2 unspecified atom stereocenters. The minimum atomic E-state index is -0.284. The summed E-state index contributed by atoms with van der Waals surface area (Å²) in [6, 6.07) is 3.61. The number of hydrogen-bond donors (Lipinski definition) is 1. The molecule has 0 spiro atoms. The van der Waals surface area contributed by atoms with Crippen molar-refractivity contribution in [2.45, 2.75) is 38.1 Å². The van der Waals surface area contributed by atoms with Gasteiger partial charge < -0.3 is 5.32 Å². The number of aromatic nitrogens is 1. The van der Waals surface area contributed by atoms with Gasteiger partial charge >= 0.3 is 0 Å². The van der Waals surface area contributed by atoms with E-state index in [-0.39, 0.29) is 11.4 Å². The van der Waals surface area contributed by atoms with Crippen LogP contribution in [0.25, 0.3) is 0 Å². The van der Waals surface area contributed by atoms with Crippen molar-refractivity contribution in [3.63, 3.8) is 0 Å². The summed E-state index contributed by atoms with van der Waals surface area (Å²) in [5, 5.41) is 3.11. The molecule has 1 aromatic heterocycles. The van der Waals surface area contributed by atoms with Gasteiger partial charge in [-0.05, 0) is 46.8 Å². The van der Waals surface area contributed by atoms with E-state index < -0.39 is 0 Å². The summed E-state index contributed by atoms with van der Waals surface area (Å²) in [6.45, 7) is 2.21. The number of alkyl halides is 1. The number of carbonyl (C=O) groups is 1. The van der Waals surface area contributed by atoms with Gasteiger partial charge in [-0.1, -0.05) is 19.8 Å². The highest BCUT2D eigenvalue weighted by molar-refractivity contribution is 9.10. The number of nitrogens with zero attached hydrogens (tertiary/aromatic N) is 1. The zero-order valence-corrected chi connectivity index (χ0v) is 13.3. The Morgan fingerprint density at radius 3 is 3.11 bits per heavy atom. The van der Waals surface area contributed by atoms with Crippen LogP contribution in [0.1, 0.15) is 43.1 Å². The van der Waals surface area contributed by atoms with Crippen molar-refractivity contribution < 1.29 is 4.79 Å². The number of carbonyl (C=O) groups excluding carboxylic acids is 1. The molecule has 2 atom stereocenters. The molecule has 1 aliphatic rings.